The minimum absolute atomic E-state index is 0.0534. The molecule has 4 nitrogen and oxygen atoms in total. The molecule has 0 fully saturated rings. The largest absolute Gasteiger partial charge is 0.481 e. The summed E-state index contributed by atoms with van der Waals surface area (Å²) in [5, 5.41) is 11.1. The third-order valence-electron chi connectivity index (χ3n) is 2.43. The van der Waals surface area contributed by atoms with E-state index in [-0.39, 0.29) is 18.6 Å². The Balaban J connectivity index is 4.43. The van der Waals surface area contributed by atoms with E-state index in [1.165, 1.54) is 7.11 Å². The van der Waals surface area contributed by atoms with Crippen LogP contribution in [0.25, 0.3) is 0 Å². The molecule has 0 aliphatic rings. The fraction of sp³-hybridized carbons (Fsp3) is 0.900. The normalized spacial score (nSPS) is 15.9. The zero-order chi connectivity index (χ0) is 13.6. The Morgan fingerprint density at radius 2 is 1.94 bits per heavy atom. The van der Waals surface area contributed by atoms with Crippen molar-refractivity contribution in [2.75, 3.05) is 20.3 Å². The average molecular weight is 257 g/mol. The summed E-state index contributed by atoms with van der Waals surface area (Å²) in [6, 6.07) is -0.302. The predicted octanol–water partition coefficient (Wildman–Crippen LogP) is 1.51. The van der Waals surface area contributed by atoms with Crippen LogP contribution in [0, 0.1) is 11.8 Å². The van der Waals surface area contributed by atoms with E-state index < -0.39 is 24.6 Å². The van der Waals surface area contributed by atoms with Gasteiger partial charge in [-0.05, 0) is 5.92 Å². The van der Waals surface area contributed by atoms with Crippen molar-refractivity contribution in [3.8, 4) is 0 Å². The first-order valence-electron chi connectivity index (χ1n) is 5.22. The second-order valence-corrected chi connectivity index (χ2v) is 4.15. The third kappa shape index (κ3) is 5.88. The average Bonchev–Trinajstić information content (AvgIpc) is 2.13. The zero-order valence-corrected chi connectivity index (χ0v) is 10.0. The number of aliphatic carboxylic acids is 1. The Labute approximate surface area is 98.1 Å². The minimum Gasteiger partial charge on any atom is -0.481 e. The first-order valence-corrected chi connectivity index (χ1v) is 5.22. The van der Waals surface area contributed by atoms with Gasteiger partial charge < -0.3 is 15.2 Å². The molecule has 2 unspecified atom stereocenters. The molecule has 0 amide bonds. The molecule has 2 N–H and O–H groups in total. The molecule has 0 aliphatic carbocycles. The lowest BCUT2D eigenvalue weighted by Crippen LogP contribution is -2.46. The lowest BCUT2D eigenvalue weighted by Gasteiger charge is -2.24. The molecule has 0 aromatic carbocycles. The maximum Gasteiger partial charge on any atom is 0.403 e. The number of ether oxygens (including phenoxy) is 1. The van der Waals surface area contributed by atoms with Gasteiger partial charge >= 0.3 is 12.1 Å². The highest BCUT2D eigenvalue weighted by atomic mass is 19.4. The summed E-state index contributed by atoms with van der Waals surface area (Å²) < 4.78 is 41.9. The standard InChI is InChI=1S/C10H18F3NO3/c1-6(2)8(5-17-3)14-4-7(9(15)16)10(11,12)13/h6-8,14H,4-5H2,1-3H3,(H,15,16). The van der Waals surface area contributed by atoms with Gasteiger partial charge in [-0.25, -0.2) is 0 Å². The number of carbonyl (C=O) groups is 1. The van der Waals surface area contributed by atoms with E-state index in [0.29, 0.717) is 0 Å². The van der Waals surface area contributed by atoms with Gasteiger partial charge in [0.05, 0.1) is 6.61 Å². The van der Waals surface area contributed by atoms with Crippen molar-refractivity contribution in [3.63, 3.8) is 0 Å². The topological polar surface area (TPSA) is 58.6 Å². The molecule has 0 aromatic heterocycles. The Morgan fingerprint density at radius 1 is 1.41 bits per heavy atom. The summed E-state index contributed by atoms with van der Waals surface area (Å²) in [6.07, 6.45) is -4.74. The van der Waals surface area contributed by atoms with E-state index in [9.17, 15) is 18.0 Å². The van der Waals surface area contributed by atoms with E-state index in [4.69, 9.17) is 9.84 Å². The molecule has 0 spiro atoms. The number of alkyl halides is 3. The van der Waals surface area contributed by atoms with Gasteiger partial charge in [0.2, 0.25) is 0 Å². The molecule has 2 atom stereocenters. The number of nitrogens with one attached hydrogen (secondary N) is 1. The number of carboxylic acids is 1. The van der Waals surface area contributed by atoms with Gasteiger partial charge in [0.1, 0.15) is 0 Å². The molecule has 102 valence electrons. The van der Waals surface area contributed by atoms with Crippen molar-refractivity contribution in [2.45, 2.75) is 26.1 Å². The van der Waals surface area contributed by atoms with Crippen LogP contribution in [0.3, 0.4) is 0 Å². The Bertz CT molecular complexity index is 243. The van der Waals surface area contributed by atoms with E-state index in [2.05, 4.69) is 5.32 Å². The number of rotatable bonds is 7. The van der Waals surface area contributed by atoms with Crippen LogP contribution in [0.15, 0.2) is 0 Å². The van der Waals surface area contributed by atoms with Gasteiger partial charge in [0.15, 0.2) is 5.92 Å². The van der Waals surface area contributed by atoms with Gasteiger partial charge in [0, 0.05) is 19.7 Å². The van der Waals surface area contributed by atoms with Crippen molar-refractivity contribution >= 4 is 5.97 Å². The minimum atomic E-state index is -4.74. The summed E-state index contributed by atoms with van der Waals surface area (Å²) in [5.41, 5.74) is 0. The van der Waals surface area contributed by atoms with Gasteiger partial charge in [-0.3, -0.25) is 4.79 Å². The molecule has 0 rings (SSSR count). The molecule has 0 bridgehead atoms. The molecular weight excluding hydrogens is 239 g/mol. The predicted molar refractivity (Wildman–Crippen MR) is 55.7 cm³/mol. The van der Waals surface area contributed by atoms with E-state index in [1.54, 1.807) is 0 Å². The second kappa shape index (κ2) is 6.80. The molecule has 7 heteroatoms. The van der Waals surface area contributed by atoms with Crippen LogP contribution in [-0.2, 0) is 9.53 Å². The summed E-state index contributed by atoms with van der Waals surface area (Å²) in [6.45, 7) is 3.23. The van der Waals surface area contributed by atoms with Crippen molar-refractivity contribution < 1.29 is 27.8 Å². The summed E-state index contributed by atoms with van der Waals surface area (Å²) in [4.78, 5) is 10.5. The molecule has 0 aliphatic heterocycles. The van der Waals surface area contributed by atoms with Crippen LogP contribution < -0.4 is 5.32 Å². The highest BCUT2D eigenvalue weighted by molar-refractivity contribution is 5.71. The quantitative estimate of drug-likeness (QED) is 0.726. The first kappa shape index (κ1) is 16.2. The van der Waals surface area contributed by atoms with Gasteiger partial charge in [0.25, 0.3) is 0 Å². The molecule has 0 heterocycles. The molecular formula is C10H18F3NO3. The fourth-order valence-corrected chi connectivity index (χ4v) is 1.28. The van der Waals surface area contributed by atoms with Crippen LogP contribution >= 0.6 is 0 Å². The van der Waals surface area contributed by atoms with Crippen LogP contribution in [0.5, 0.6) is 0 Å². The Hall–Kier alpha value is -0.820. The number of hydrogen-bond acceptors (Lipinski definition) is 3. The lowest BCUT2D eigenvalue weighted by atomic mass is 10.0. The second-order valence-electron chi connectivity index (χ2n) is 4.15. The number of hydrogen-bond donors (Lipinski definition) is 2. The smallest absolute Gasteiger partial charge is 0.403 e. The van der Waals surface area contributed by atoms with Crippen LogP contribution in [0.2, 0.25) is 0 Å². The van der Waals surface area contributed by atoms with E-state index >= 15 is 0 Å². The highest BCUT2D eigenvalue weighted by Crippen LogP contribution is 2.26. The van der Waals surface area contributed by atoms with Crippen LogP contribution in [0.1, 0.15) is 13.8 Å². The SMILES string of the molecule is COCC(NCC(C(=O)O)C(F)(F)F)C(C)C. The summed E-state index contributed by atoms with van der Waals surface area (Å²) in [7, 11) is 1.44. The third-order valence-corrected chi connectivity index (χ3v) is 2.43. The zero-order valence-electron chi connectivity index (χ0n) is 10.0. The van der Waals surface area contributed by atoms with Crippen molar-refractivity contribution in [1.82, 2.24) is 5.32 Å². The molecule has 0 saturated carbocycles. The fourth-order valence-electron chi connectivity index (χ4n) is 1.28. The molecule has 17 heavy (non-hydrogen) atoms. The van der Waals surface area contributed by atoms with Crippen molar-refractivity contribution in [2.24, 2.45) is 11.8 Å². The first-order chi connectivity index (χ1) is 7.70. The van der Waals surface area contributed by atoms with Crippen LogP contribution in [0.4, 0.5) is 13.2 Å². The molecule has 0 aromatic rings. The Kier molecular flexibility index (Phi) is 6.48. The summed E-state index contributed by atoms with van der Waals surface area (Å²) in [5.74, 6) is -4.21. The monoisotopic (exact) mass is 257 g/mol. The van der Waals surface area contributed by atoms with Crippen molar-refractivity contribution in [3.05, 3.63) is 0 Å². The lowest BCUT2D eigenvalue weighted by molar-refractivity contribution is -0.192. The van der Waals surface area contributed by atoms with E-state index in [1.807, 2.05) is 13.8 Å². The van der Waals surface area contributed by atoms with Crippen LogP contribution in [-0.4, -0.2) is 43.6 Å². The maximum absolute atomic E-state index is 12.4. The number of carboxylic acid groups (broad SMARTS) is 1. The molecule has 0 saturated heterocycles. The van der Waals surface area contributed by atoms with Gasteiger partial charge in [-0.15, -0.1) is 0 Å². The Morgan fingerprint density at radius 3 is 2.24 bits per heavy atom. The number of methoxy groups -OCH3 is 1. The summed E-state index contributed by atoms with van der Waals surface area (Å²) >= 11 is 0. The van der Waals surface area contributed by atoms with Gasteiger partial charge in [-0.1, -0.05) is 13.8 Å². The number of halogens is 3. The maximum atomic E-state index is 12.4. The van der Waals surface area contributed by atoms with E-state index in [0.717, 1.165) is 0 Å². The van der Waals surface area contributed by atoms with Crippen molar-refractivity contribution in [1.29, 1.82) is 0 Å². The molecule has 0 radical (unpaired) electrons. The highest BCUT2D eigenvalue weighted by Gasteiger charge is 2.45. The van der Waals surface area contributed by atoms with Gasteiger partial charge in [-0.2, -0.15) is 13.2 Å².